The van der Waals surface area contributed by atoms with E-state index >= 15 is 0 Å². The Hall–Kier alpha value is -2.00. The second-order valence-electron chi connectivity index (χ2n) is 4.58. The van der Waals surface area contributed by atoms with Gasteiger partial charge < -0.3 is 4.74 Å². The number of halogens is 1. The van der Waals surface area contributed by atoms with Gasteiger partial charge in [-0.3, -0.25) is 4.79 Å². The Labute approximate surface area is 118 Å². The van der Waals surface area contributed by atoms with E-state index in [0.717, 1.165) is 5.56 Å². The Morgan fingerprint density at radius 3 is 2.60 bits per heavy atom. The van der Waals surface area contributed by atoms with Gasteiger partial charge in [-0.05, 0) is 24.1 Å². The summed E-state index contributed by atoms with van der Waals surface area (Å²) in [7, 11) is 0. The van der Waals surface area contributed by atoms with E-state index in [4.69, 9.17) is 4.74 Å². The first kappa shape index (κ1) is 14.4. The highest BCUT2D eigenvalue weighted by Gasteiger charge is 2.06. The standard InChI is InChI=1S/C17H17FO2/c18-16-9-4-8-15(12-16)17(19)10-5-11-20-13-14-6-2-1-3-7-14/h1-4,6-9,12H,5,10-11,13H2. The van der Waals surface area contributed by atoms with Crippen LogP contribution in [-0.2, 0) is 11.3 Å². The Morgan fingerprint density at radius 1 is 1.05 bits per heavy atom. The first-order valence-corrected chi connectivity index (χ1v) is 6.66. The van der Waals surface area contributed by atoms with Gasteiger partial charge in [0.05, 0.1) is 6.61 Å². The van der Waals surface area contributed by atoms with Crippen LogP contribution in [0.4, 0.5) is 4.39 Å². The van der Waals surface area contributed by atoms with Crippen LogP contribution in [0.1, 0.15) is 28.8 Å². The molecule has 104 valence electrons. The van der Waals surface area contributed by atoms with Crippen molar-refractivity contribution < 1.29 is 13.9 Å². The topological polar surface area (TPSA) is 26.3 Å². The first-order chi connectivity index (χ1) is 9.75. The van der Waals surface area contributed by atoms with Crippen molar-refractivity contribution in [2.75, 3.05) is 6.61 Å². The van der Waals surface area contributed by atoms with Crippen molar-refractivity contribution in [3.05, 3.63) is 71.5 Å². The molecule has 2 nitrogen and oxygen atoms in total. The molecular weight excluding hydrogens is 255 g/mol. The molecule has 0 atom stereocenters. The monoisotopic (exact) mass is 272 g/mol. The van der Waals surface area contributed by atoms with E-state index in [9.17, 15) is 9.18 Å². The number of rotatable bonds is 7. The van der Waals surface area contributed by atoms with Gasteiger partial charge in [0.25, 0.3) is 0 Å². The maximum absolute atomic E-state index is 13.0. The summed E-state index contributed by atoms with van der Waals surface area (Å²) in [4.78, 5) is 11.8. The largest absolute Gasteiger partial charge is 0.377 e. The van der Waals surface area contributed by atoms with Gasteiger partial charge in [0.15, 0.2) is 5.78 Å². The van der Waals surface area contributed by atoms with Gasteiger partial charge in [-0.15, -0.1) is 0 Å². The maximum Gasteiger partial charge on any atom is 0.163 e. The van der Waals surface area contributed by atoms with Crippen LogP contribution in [0.5, 0.6) is 0 Å². The average molecular weight is 272 g/mol. The Bertz CT molecular complexity index is 552. The molecule has 0 aliphatic rings. The van der Waals surface area contributed by atoms with E-state index in [1.165, 1.54) is 12.1 Å². The minimum absolute atomic E-state index is 0.0483. The molecule has 0 radical (unpaired) electrons. The van der Waals surface area contributed by atoms with Gasteiger partial charge in [0, 0.05) is 18.6 Å². The Balaban J connectivity index is 1.67. The summed E-state index contributed by atoms with van der Waals surface area (Å²) in [5, 5.41) is 0. The smallest absolute Gasteiger partial charge is 0.163 e. The summed E-state index contributed by atoms with van der Waals surface area (Å²) < 4.78 is 18.5. The highest BCUT2D eigenvalue weighted by Crippen LogP contribution is 2.08. The molecule has 0 N–H and O–H groups in total. The van der Waals surface area contributed by atoms with E-state index in [1.807, 2.05) is 30.3 Å². The van der Waals surface area contributed by atoms with Crippen LogP contribution in [0, 0.1) is 5.82 Å². The molecule has 0 aliphatic heterocycles. The molecule has 0 amide bonds. The summed E-state index contributed by atoms with van der Waals surface area (Å²) in [6, 6.07) is 15.7. The van der Waals surface area contributed by atoms with Crippen LogP contribution >= 0.6 is 0 Å². The van der Waals surface area contributed by atoms with Crippen molar-refractivity contribution in [3.8, 4) is 0 Å². The number of benzene rings is 2. The van der Waals surface area contributed by atoms with Crippen LogP contribution < -0.4 is 0 Å². The molecule has 0 fully saturated rings. The van der Waals surface area contributed by atoms with Crippen molar-refractivity contribution in [3.63, 3.8) is 0 Å². The summed E-state index contributed by atoms with van der Waals surface area (Å²) >= 11 is 0. The predicted molar refractivity (Wildman–Crippen MR) is 76.1 cm³/mol. The zero-order chi connectivity index (χ0) is 14.2. The first-order valence-electron chi connectivity index (χ1n) is 6.66. The Morgan fingerprint density at radius 2 is 1.85 bits per heavy atom. The third-order valence-corrected chi connectivity index (χ3v) is 2.95. The van der Waals surface area contributed by atoms with Crippen molar-refractivity contribution in [2.24, 2.45) is 0 Å². The van der Waals surface area contributed by atoms with E-state index in [-0.39, 0.29) is 11.6 Å². The molecule has 2 aromatic carbocycles. The average Bonchev–Trinajstić information content (AvgIpc) is 2.48. The van der Waals surface area contributed by atoms with Gasteiger partial charge >= 0.3 is 0 Å². The van der Waals surface area contributed by atoms with Gasteiger partial charge in [-0.1, -0.05) is 42.5 Å². The third kappa shape index (κ3) is 4.59. The summed E-state index contributed by atoms with van der Waals surface area (Å²) in [6.07, 6.45) is 1.01. The molecule has 0 saturated heterocycles. The summed E-state index contributed by atoms with van der Waals surface area (Å²) in [5.41, 5.74) is 1.54. The van der Waals surface area contributed by atoms with Crippen LogP contribution in [0.25, 0.3) is 0 Å². The van der Waals surface area contributed by atoms with Crippen molar-refractivity contribution in [1.29, 1.82) is 0 Å². The predicted octanol–water partition coefficient (Wildman–Crippen LogP) is 4.01. The number of carbonyl (C=O) groups excluding carboxylic acids is 1. The van der Waals surface area contributed by atoms with Gasteiger partial charge in [0.1, 0.15) is 5.82 Å². The lowest BCUT2D eigenvalue weighted by molar-refractivity contribution is 0.0919. The molecule has 0 aromatic heterocycles. The zero-order valence-electron chi connectivity index (χ0n) is 11.2. The van der Waals surface area contributed by atoms with Crippen LogP contribution in [-0.4, -0.2) is 12.4 Å². The van der Waals surface area contributed by atoms with Gasteiger partial charge in [-0.2, -0.15) is 0 Å². The van der Waals surface area contributed by atoms with Crippen LogP contribution in [0.3, 0.4) is 0 Å². The molecular formula is C17H17FO2. The van der Waals surface area contributed by atoms with Crippen molar-refractivity contribution in [1.82, 2.24) is 0 Å². The SMILES string of the molecule is O=C(CCCOCc1ccccc1)c1cccc(F)c1. The van der Waals surface area contributed by atoms with Gasteiger partial charge in [-0.25, -0.2) is 4.39 Å². The number of carbonyl (C=O) groups is 1. The second-order valence-corrected chi connectivity index (χ2v) is 4.58. The number of hydrogen-bond donors (Lipinski definition) is 0. The minimum atomic E-state index is -0.379. The molecule has 20 heavy (non-hydrogen) atoms. The molecule has 2 aromatic rings. The normalized spacial score (nSPS) is 10.4. The fraction of sp³-hybridized carbons (Fsp3) is 0.235. The lowest BCUT2D eigenvalue weighted by atomic mass is 10.1. The molecule has 2 rings (SSSR count). The second kappa shape index (κ2) is 7.56. The Kier molecular flexibility index (Phi) is 5.44. The molecule has 3 heteroatoms. The van der Waals surface area contributed by atoms with Gasteiger partial charge in [0.2, 0.25) is 0 Å². The fourth-order valence-electron chi connectivity index (χ4n) is 1.91. The number of ether oxygens (including phenoxy) is 1. The molecule has 0 spiro atoms. The van der Waals surface area contributed by atoms with Crippen molar-refractivity contribution >= 4 is 5.78 Å². The van der Waals surface area contributed by atoms with E-state index in [1.54, 1.807) is 12.1 Å². The lowest BCUT2D eigenvalue weighted by Gasteiger charge is -2.04. The summed E-state index contributed by atoms with van der Waals surface area (Å²) in [5.74, 6) is -0.427. The molecule has 0 aliphatic carbocycles. The van der Waals surface area contributed by atoms with E-state index < -0.39 is 0 Å². The number of ketones is 1. The minimum Gasteiger partial charge on any atom is -0.377 e. The van der Waals surface area contributed by atoms with Crippen molar-refractivity contribution in [2.45, 2.75) is 19.4 Å². The fourth-order valence-corrected chi connectivity index (χ4v) is 1.91. The number of hydrogen-bond acceptors (Lipinski definition) is 2. The highest BCUT2D eigenvalue weighted by atomic mass is 19.1. The van der Waals surface area contributed by atoms with Crippen LogP contribution in [0.2, 0.25) is 0 Å². The molecule has 0 saturated carbocycles. The van der Waals surface area contributed by atoms with E-state index in [2.05, 4.69) is 0 Å². The summed E-state index contributed by atoms with van der Waals surface area (Å²) in [6.45, 7) is 1.07. The molecule has 0 heterocycles. The molecule has 0 unspecified atom stereocenters. The van der Waals surface area contributed by atoms with Crippen LogP contribution in [0.15, 0.2) is 54.6 Å². The molecule has 0 bridgehead atoms. The quantitative estimate of drug-likeness (QED) is 0.562. The van der Waals surface area contributed by atoms with E-state index in [0.29, 0.717) is 31.6 Å². The zero-order valence-corrected chi connectivity index (χ0v) is 11.2. The highest BCUT2D eigenvalue weighted by molar-refractivity contribution is 5.95. The number of Topliss-reactive ketones (excluding diaryl/α,β-unsaturated/α-hetero) is 1. The third-order valence-electron chi connectivity index (χ3n) is 2.95. The lowest BCUT2D eigenvalue weighted by Crippen LogP contribution is -2.03. The maximum atomic E-state index is 13.0.